The zero-order valence-electron chi connectivity index (χ0n) is 25.6. The monoisotopic (exact) mass is 614 g/mol. The van der Waals surface area contributed by atoms with Gasteiger partial charge in [0, 0.05) is 30.6 Å². The third-order valence-electron chi connectivity index (χ3n) is 9.96. The van der Waals surface area contributed by atoms with E-state index in [2.05, 4.69) is 20.9 Å². The number of carboxylic acid groups (broad SMARTS) is 1. The zero-order chi connectivity index (χ0) is 31.6. The average molecular weight is 615 g/mol. The first-order valence-electron chi connectivity index (χ1n) is 16.0. The van der Waals surface area contributed by atoms with Gasteiger partial charge < -0.3 is 30.8 Å². The van der Waals surface area contributed by atoms with Crippen molar-refractivity contribution >= 4 is 34.8 Å². The Kier molecular flexibility index (Phi) is 8.83. The number of benzene rings is 2. The molecule has 2 aromatic carbocycles. The molecule has 0 saturated heterocycles. The van der Waals surface area contributed by atoms with Crippen LogP contribution < -0.4 is 16.0 Å². The second-order valence-electron chi connectivity index (χ2n) is 13.5. The van der Waals surface area contributed by atoms with Crippen LogP contribution in [0.1, 0.15) is 69.2 Å². The summed E-state index contributed by atoms with van der Waals surface area (Å²) in [6.07, 6.45) is 4.73. The van der Waals surface area contributed by atoms with Crippen LogP contribution in [0.2, 0.25) is 0 Å². The molecule has 5 N–H and O–H groups in total. The molecule has 10 nitrogen and oxygen atoms in total. The quantitative estimate of drug-likeness (QED) is 0.197. The standard InChI is InChI=1S/C35H42N4O6/c1-35(19-27-18-24-9-5-6-10-28(24)37-27,39-34(44)45-32-25-14-21-13-22(16-25)17-26(32)15-21)33(43)36-20-29(23-7-3-2-4-8-23)38-30(40)11-12-31(41)42/h2-10,18,21-22,25-26,29,32,37H,11-17,19-20H2,1H3,(H,36,43)(H,38,40)(H,39,44)(H,41,42)/t21?,22?,25?,26?,29-,32?,35?/m0/s1. The second-order valence-corrected chi connectivity index (χ2v) is 13.5. The highest BCUT2D eigenvalue weighted by Crippen LogP contribution is 2.54. The molecule has 1 aromatic heterocycles. The van der Waals surface area contributed by atoms with Crippen molar-refractivity contribution < 1.29 is 29.0 Å². The number of para-hydroxylation sites is 1. The Morgan fingerprint density at radius 3 is 2.27 bits per heavy atom. The number of hydrogen-bond acceptors (Lipinski definition) is 5. The maximum absolute atomic E-state index is 14.0. The summed E-state index contributed by atoms with van der Waals surface area (Å²) in [5, 5.41) is 18.7. The first-order valence-corrected chi connectivity index (χ1v) is 16.0. The summed E-state index contributed by atoms with van der Waals surface area (Å²) in [4.78, 5) is 54.5. The first kappa shape index (κ1) is 30.7. The smallest absolute Gasteiger partial charge is 0.408 e. The minimum atomic E-state index is -1.38. The van der Waals surface area contributed by atoms with Crippen LogP contribution in [0.5, 0.6) is 0 Å². The van der Waals surface area contributed by atoms with E-state index in [1.165, 1.54) is 6.42 Å². The zero-order valence-corrected chi connectivity index (χ0v) is 25.6. The van der Waals surface area contributed by atoms with Crippen molar-refractivity contribution in [3.05, 3.63) is 71.9 Å². The van der Waals surface area contributed by atoms with Crippen molar-refractivity contribution in [1.82, 2.24) is 20.9 Å². The lowest BCUT2D eigenvalue weighted by Crippen LogP contribution is -2.60. The number of rotatable bonds is 12. The molecule has 0 aliphatic heterocycles. The number of aromatic amines is 1. The molecule has 45 heavy (non-hydrogen) atoms. The molecule has 0 radical (unpaired) electrons. The van der Waals surface area contributed by atoms with Gasteiger partial charge in [0.25, 0.3) is 0 Å². The van der Waals surface area contributed by atoms with Crippen LogP contribution in [-0.2, 0) is 25.5 Å². The number of hydrogen-bond donors (Lipinski definition) is 5. The van der Waals surface area contributed by atoms with Gasteiger partial charge in [-0.2, -0.15) is 0 Å². The van der Waals surface area contributed by atoms with Crippen molar-refractivity contribution in [3.8, 4) is 0 Å². The molecule has 4 bridgehead atoms. The summed E-state index contributed by atoms with van der Waals surface area (Å²) in [5.41, 5.74) is 1.09. The Morgan fingerprint density at radius 1 is 0.933 bits per heavy atom. The van der Waals surface area contributed by atoms with Crippen LogP contribution in [0, 0.1) is 23.7 Å². The van der Waals surface area contributed by atoms with Crippen LogP contribution in [0.25, 0.3) is 10.9 Å². The minimum Gasteiger partial charge on any atom is -0.481 e. The number of nitrogens with one attached hydrogen (secondary N) is 4. The van der Waals surface area contributed by atoms with Crippen LogP contribution in [0.4, 0.5) is 4.79 Å². The van der Waals surface area contributed by atoms with Crippen LogP contribution in [0.15, 0.2) is 60.7 Å². The molecule has 1 heterocycles. The Morgan fingerprint density at radius 2 is 1.60 bits per heavy atom. The largest absolute Gasteiger partial charge is 0.481 e. The van der Waals surface area contributed by atoms with Gasteiger partial charge in [-0.05, 0) is 85.8 Å². The highest BCUT2D eigenvalue weighted by atomic mass is 16.6. The van der Waals surface area contributed by atoms with E-state index in [4.69, 9.17) is 9.84 Å². The lowest BCUT2D eigenvalue weighted by atomic mass is 9.55. The van der Waals surface area contributed by atoms with Crippen molar-refractivity contribution in [2.24, 2.45) is 23.7 Å². The molecule has 3 aromatic rings. The normalized spacial score (nSPS) is 25.2. The second kappa shape index (κ2) is 12.9. The molecular formula is C35H42N4O6. The van der Waals surface area contributed by atoms with Gasteiger partial charge in [0.1, 0.15) is 11.6 Å². The van der Waals surface area contributed by atoms with E-state index in [1.807, 2.05) is 60.7 Å². The summed E-state index contributed by atoms with van der Waals surface area (Å²) < 4.78 is 6.12. The van der Waals surface area contributed by atoms with E-state index < -0.39 is 35.5 Å². The summed E-state index contributed by atoms with van der Waals surface area (Å²) >= 11 is 0. The number of ether oxygens (including phenoxy) is 1. The fourth-order valence-electron chi connectivity index (χ4n) is 8.05. The van der Waals surface area contributed by atoms with Crippen LogP contribution in [0.3, 0.4) is 0 Å². The molecule has 4 saturated carbocycles. The highest BCUT2D eigenvalue weighted by Gasteiger charge is 2.50. The van der Waals surface area contributed by atoms with E-state index >= 15 is 0 Å². The van der Waals surface area contributed by atoms with E-state index in [0.717, 1.165) is 59.7 Å². The Hall–Kier alpha value is -4.34. The number of alkyl carbamates (subject to hydrolysis) is 1. The van der Waals surface area contributed by atoms with Gasteiger partial charge in [-0.1, -0.05) is 48.5 Å². The molecule has 2 atom stereocenters. The number of aromatic nitrogens is 1. The fourth-order valence-corrected chi connectivity index (χ4v) is 8.05. The summed E-state index contributed by atoms with van der Waals surface area (Å²) in [5.74, 6) is 0.345. The lowest BCUT2D eigenvalue weighted by Gasteiger charge is -2.53. The average Bonchev–Trinajstić information content (AvgIpc) is 3.41. The van der Waals surface area contributed by atoms with Crippen molar-refractivity contribution in [3.63, 3.8) is 0 Å². The number of H-pyrrole nitrogens is 1. The summed E-state index contributed by atoms with van der Waals surface area (Å²) in [6, 6.07) is 18.4. The molecule has 4 aliphatic rings. The predicted molar refractivity (Wildman–Crippen MR) is 168 cm³/mol. The maximum atomic E-state index is 14.0. The van der Waals surface area contributed by atoms with Crippen LogP contribution >= 0.6 is 0 Å². The van der Waals surface area contributed by atoms with E-state index in [0.29, 0.717) is 11.8 Å². The third-order valence-corrected chi connectivity index (χ3v) is 9.96. The Labute approximate surface area is 262 Å². The molecule has 7 rings (SSSR count). The molecular weight excluding hydrogens is 572 g/mol. The van der Waals surface area contributed by atoms with Gasteiger partial charge >= 0.3 is 12.1 Å². The number of carbonyl (C=O) groups excluding carboxylic acids is 3. The third kappa shape index (κ3) is 7.16. The van der Waals surface area contributed by atoms with E-state index in [9.17, 15) is 19.2 Å². The summed E-state index contributed by atoms with van der Waals surface area (Å²) in [7, 11) is 0. The number of carboxylic acids is 1. The van der Waals surface area contributed by atoms with Gasteiger partial charge in [0.05, 0.1) is 12.5 Å². The number of fused-ring (bicyclic) bond motifs is 1. The van der Waals surface area contributed by atoms with Crippen LogP contribution in [-0.4, -0.2) is 52.2 Å². The van der Waals surface area contributed by atoms with Gasteiger partial charge in [-0.15, -0.1) is 0 Å². The Bertz CT molecular complexity index is 1490. The molecule has 4 fully saturated rings. The topological polar surface area (TPSA) is 150 Å². The van der Waals surface area contributed by atoms with Crippen molar-refractivity contribution in [2.45, 2.75) is 76.0 Å². The maximum Gasteiger partial charge on any atom is 0.408 e. The lowest BCUT2D eigenvalue weighted by molar-refractivity contribution is -0.138. The highest BCUT2D eigenvalue weighted by molar-refractivity contribution is 5.90. The van der Waals surface area contributed by atoms with Gasteiger partial charge in [0.2, 0.25) is 11.8 Å². The molecule has 3 amide bonds. The Balaban J connectivity index is 1.18. The van der Waals surface area contributed by atoms with E-state index in [1.54, 1.807) is 6.92 Å². The first-order chi connectivity index (χ1) is 21.6. The summed E-state index contributed by atoms with van der Waals surface area (Å²) in [6.45, 7) is 1.73. The molecule has 4 aliphatic carbocycles. The van der Waals surface area contributed by atoms with Gasteiger partial charge in [0.15, 0.2) is 0 Å². The molecule has 0 spiro atoms. The number of amides is 3. The SMILES string of the molecule is CC(Cc1cc2ccccc2[nH]1)(NC(=O)OC1C2CC3CC(C2)CC1C3)C(=O)NC[C@H](NC(=O)CCC(=O)O)c1ccccc1. The number of aliphatic carboxylic acids is 1. The molecule has 238 valence electrons. The fraction of sp³-hybridized carbons (Fsp3) is 0.486. The van der Waals surface area contributed by atoms with Crippen molar-refractivity contribution in [1.29, 1.82) is 0 Å². The number of carbonyl (C=O) groups is 4. The predicted octanol–water partition coefficient (Wildman–Crippen LogP) is 4.86. The van der Waals surface area contributed by atoms with Gasteiger partial charge in [-0.25, -0.2) is 4.79 Å². The molecule has 10 heteroatoms. The van der Waals surface area contributed by atoms with E-state index in [-0.39, 0.29) is 31.9 Å². The van der Waals surface area contributed by atoms with Crippen molar-refractivity contribution in [2.75, 3.05) is 6.54 Å². The minimum absolute atomic E-state index is 0.0379. The van der Waals surface area contributed by atoms with Gasteiger partial charge in [-0.3, -0.25) is 14.4 Å². The molecule has 1 unspecified atom stereocenters.